The van der Waals surface area contributed by atoms with Gasteiger partial charge in [0.1, 0.15) is 18.2 Å². The molecule has 0 aliphatic carbocycles. The van der Waals surface area contributed by atoms with Crippen molar-refractivity contribution in [1.29, 1.82) is 0 Å². The number of benzene rings is 2. The first-order chi connectivity index (χ1) is 9.06. The number of rotatable bonds is 4. The van der Waals surface area contributed by atoms with Gasteiger partial charge in [0.25, 0.3) is 0 Å². The maximum absolute atomic E-state index is 12.8. The summed E-state index contributed by atoms with van der Waals surface area (Å²) in [7, 11) is 0. The van der Waals surface area contributed by atoms with E-state index in [0.29, 0.717) is 12.4 Å². The van der Waals surface area contributed by atoms with Crippen LogP contribution in [-0.4, -0.2) is 5.11 Å². The molecule has 1 atom stereocenters. The van der Waals surface area contributed by atoms with Crippen LogP contribution in [0.2, 0.25) is 0 Å². The lowest BCUT2D eigenvalue weighted by molar-refractivity contribution is 0.190. The number of aliphatic hydroxyl groups excluding tert-OH is 1. The second-order valence-electron chi connectivity index (χ2n) is 4.63. The van der Waals surface area contributed by atoms with Crippen molar-refractivity contribution in [2.45, 2.75) is 26.6 Å². The molecular formula is C16H17FO2. The molecule has 2 nitrogen and oxygen atoms in total. The molecule has 0 unspecified atom stereocenters. The van der Waals surface area contributed by atoms with E-state index in [0.717, 1.165) is 16.7 Å². The normalized spacial score (nSPS) is 12.2. The smallest absolute Gasteiger partial charge is 0.125 e. The molecule has 19 heavy (non-hydrogen) atoms. The third-order valence-electron chi connectivity index (χ3n) is 2.93. The molecule has 2 rings (SSSR count). The van der Waals surface area contributed by atoms with Crippen LogP contribution in [0.25, 0.3) is 0 Å². The minimum atomic E-state index is -0.580. The standard InChI is InChI=1S/C16H17FO2/c1-11-3-8-15(12(2)18)16(9-11)19-10-13-4-6-14(17)7-5-13/h3-9,12,18H,10H2,1-2H3/t12-/m0/s1. The molecule has 0 amide bonds. The van der Waals surface area contributed by atoms with Gasteiger partial charge in [-0.1, -0.05) is 24.3 Å². The highest BCUT2D eigenvalue weighted by molar-refractivity contribution is 5.38. The molecule has 0 heterocycles. The zero-order valence-corrected chi connectivity index (χ0v) is 11.1. The average molecular weight is 260 g/mol. The highest BCUT2D eigenvalue weighted by atomic mass is 19.1. The van der Waals surface area contributed by atoms with E-state index in [-0.39, 0.29) is 5.82 Å². The van der Waals surface area contributed by atoms with E-state index < -0.39 is 6.10 Å². The van der Waals surface area contributed by atoms with Crippen LogP contribution < -0.4 is 4.74 Å². The molecule has 0 aliphatic heterocycles. The Hall–Kier alpha value is -1.87. The van der Waals surface area contributed by atoms with E-state index in [2.05, 4.69) is 0 Å². The molecule has 0 saturated carbocycles. The number of hydrogen-bond donors (Lipinski definition) is 1. The quantitative estimate of drug-likeness (QED) is 0.906. The minimum absolute atomic E-state index is 0.260. The van der Waals surface area contributed by atoms with Crippen molar-refractivity contribution in [3.8, 4) is 5.75 Å². The van der Waals surface area contributed by atoms with Crippen LogP contribution in [0.3, 0.4) is 0 Å². The Labute approximate surface area is 112 Å². The van der Waals surface area contributed by atoms with E-state index in [1.807, 2.05) is 25.1 Å². The van der Waals surface area contributed by atoms with Crippen LogP contribution in [0.15, 0.2) is 42.5 Å². The summed E-state index contributed by atoms with van der Waals surface area (Å²) in [5.41, 5.74) is 2.71. The van der Waals surface area contributed by atoms with E-state index in [9.17, 15) is 9.50 Å². The Balaban J connectivity index is 2.14. The first kappa shape index (κ1) is 13.6. The molecule has 0 fully saturated rings. The third-order valence-corrected chi connectivity index (χ3v) is 2.93. The first-order valence-electron chi connectivity index (χ1n) is 6.22. The van der Waals surface area contributed by atoms with Gasteiger partial charge in [-0.3, -0.25) is 0 Å². The van der Waals surface area contributed by atoms with Crippen molar-refractivity contribution in [3.63, 3.8) is 0 Å². The summed E-state index contributed by atoms with van der Waals surface area (Å²) in [6, 6.07) is 11.9. The fraction of sp³-hybridized carbons (Fsp3) is 0.250. The largest absolute Gasteiger partial charge is 0.489 e. The number of ether oxygens (including phenoxy) is 1. The van der Waals surface area contributed by atoms with Crippen molar-refractivity contribution in [1.82, 2.24) is 0 Å². The van der Waals surface area contributed by atoms with Crippen molar-refractivity contribution in [2.75, 3.05) is 0 Å². The van der Waals surface area contributed by atoms with E-state index in [1.54, 1.807) is 19.1 Å². The predicted octanol–water partition coefficient (Wildman–Crippen LogP) is 3.77. The zero-order valence-electron chi connectivity index (χ0n) is 11.1. The molecule has 2 aromatic rings. The SMILES string of the molecule is Cc1ccc([C@H](C)O)c(OCc2ccc(F)cc2)c1. The lowest BCUT2D eigenvalue weighted by atomic mass is 10.1. The van der Waals surface area contributed by atoms with Crippen LogP contribution >= 0.6 is 0 Å². The Kier molecular flexibility index (Phi) is 4.17. The highest BCUT2D eigenvalue weighted by Crippen LogP contribution is 2.27. The second kappa shape index (κ2) is 5.85. The minimum Gasteiger partial charge on any atom is -0.489 e. The number of hydrogen-bond acceptors (Lipinski definition) is 2. The Morgan fingerprint density at radius 1 is 1.16 bits per heavy atom. The Morgan fingerprint density at radius 3 is 2.47 bits per heavy atom. The highest BCUT2D eigenvalue weighted by Gasteiger charge is 2.09. The van der Waals surface area contributed by atoms with Gasteiger partial charge in [-0.25, -0.2) is 4.39 Å². The predicted molar refractivity (Wildman–Crippen MR) is 72.5 cm³/mol. The lowest BCUT2D eigenvalue weighted by Gasteiger charge is -2.14. The summed E-state index contributed by atoms with van der Waals surface area (Å²) in [5.74, 6) is 0.406. The summed E-state index contributed by atoms with van der Waals surface area (Å²) < 4.78 is 18.5. The first-order valence-corrected chi connectivity index (χ1v) is 6.22. The van der Waals surface area contributed by atoms with Crippen LogP contribution in [-0.2, 0) is 6.61 Å². The van der Waals surface area contributed by atoms with E-state index >= 15 is 0 Å². The summed E-state index contributed by atoms with van der Waals surface area (Å²) in [6.07, 6.45) is -0.580. The number of aliphatic hydroxyl groups is 1. The Morgan fingerprint density at radius 2 is 1.84 bits per heavy atom. The molecule has 0 aliphatic rings. The number of halogens is 1. The number of aryl methyl sites for hydroxylation is 1. The van der Waals surface area contributed by atoms with E-state index in [1.165, 1.54) is 12.1 Å². The van der Waals surface area contributed by atoms with Crippen molar-refractivity contribution in [3.05, 3.63) is 65.0 Å². The van der Waals surface area contributed by atoms with Crippen LogP contribution in [0.1, 0.15) is 29.7 Å². The fourth-order valence-corrected chi connectivity index (χ4v) is 1.85. The average Bonchev–Trinajstić information content (AvgIpc) is 2.38. The van der Waals surface area contributed by atoms with Crippen molar-refractivity contribution in [2.24, 2.45) is 0 Å². The Bertz CT molecular complexity index is 547. The van der Waals surface area contributed by atoms with Crippen LogP contribution in [0.5, 0.6) is 5.75 Å². The van der Waals surface area contributed by atoms with Crippen molar-refractivity contribution < 1.29 is 14.2 Å². The molecule has 0 spiro atoms. The van der Waals surface area contributed by atoms with Gasteiger partial charge in [-0.05, 0) is 43.2 Å². The van der Waals surface area contributed by atoms with E-state index in [4.69, 9.17) is 4.74 Å². The van der Waals surface area contributed by atoms with Crippen LogP contribution in [0, 0.1) is 12.7 Å². The van der Waals surface area contributed by atoms with Gasteiger partial charge in [-0.2, -0.15) is 0 Å². The summed E-state index contributed by atoms with van der Waals surface area (Å²) >= 11 is 0. The molecule has 0 bridgehead atoms. The molecule has 0 radical (unpaired) electrons. The maximum Gasteiger partial charge on any atom is 0.125 e. The van der Waals surface area contributed by atoms with Gasteiger partial charge < -0.3 is 9.84 Å². The zero-order chi connectivity index (χ0) is 13.8. The van der Waals surface area contributed by atoms with Gasteiger partial charge in [0, 0.05) is 5.56 Å². The van der Waals surface area contributed by atoms with Gasteiger partial charge >= 0.3 is 0 Å². The lowest BCUT2D eigenvalue weighted by Crippen LogP contribution is -2.01. The molecule has 0 saturated heterocycles. The molecule has 100 valence electrons. The van der Waals surface area contributed by atoms with Gasteiger partial charge in [0.15, 0.2) is 0 Å². The molecule has 2 aromatic carbocycles. The second-order valence-corrected chi connectivity index (χ2v) is 4.63. The molecule has 1 N–H and O–H groups in total. The monoisotopic (exact) mass is 260 g/mol. The maximum atomic E-state index is 12.8. The third kappa shape index (κ3) is 3.55. The van der Waals surface area contributed by atoms with Gasteiger partial charge in [-0.15, -0.1) is 0 Å². The molecule has 3 heteroatoms. The topological polar surface area (TPSA) is 29.5 Å². The summed E-state index contributed by atoms with van der Waals surface area (Å²) in [6.45, 7) is 4.02. The summed E-state index contributed by atoms with van der Waals surface area (Å²) in [5, 5.41) is 9.70. The van der Waals surface area contributed by atoms with Gasteiger partial charge in [0.2, 0.25) is 0 Å². The fourth-order valence-electron chi connectivity index (χ4n) is 1.85. The van der Waals surface area contributed by atoms with Crippen LogP contribution in [0.4, 0.5) is 4.39 Å². The molecular weight excluding hydrogens is 243 g/mol. The van der Waals surface area contributed by atoms with Crippen molar-refractivity contribution >= 4 is 0 Å². The summed E-state index contributed by atoms with van der Waals surface area (Å²) in [4.78, 5) is 0. The van der Waals surface area contributed by atoms with Gasteiger partial charge in [0.05, 0.1) is 6.10 Å². The molecule has 0 aromatic heterocycles.